The van der Waals surface area contributed by atoms with Gasteiger partial charge in [0.2, 0.25) is 0 Å². The standard InChI is InChI=1S/C31H62O3/c1-4-5-6-7-8-9-14-17-20-23-26-30(31(33)34-29(2)3)27-24-21-18-15-12-10-11-13-16-19-22-25-28-32/h29-30,32H,4-28H2,1-3H3. The molecule has 3 heteroatoms. The van der Waals surface area contributed by atoms with Crippen molar-refractivity contribution in [2.45, 2.75) is 181 Å². The molecule has 0 radical (unpaired) electrons. The highest BCUT2D eigenvalue weighted by Crippen LogP contribution is 2.22. The Morgan fingerprint density at radius 3 is 1.21 bits per heavy atom. The summed E-state index contributed by atoms with van der Waals surface area (Å²) < 4.78 is 5.57. The van der Waals surface area contributed by atoms with Crippen LogP contribution < -0.4 is 0 Å². The third-order valence-electron chi connectivity index (χ3n) is 7.05. The summed E-state index contributed by atoms with van der Waals surface area (Å²) in [6.07, 6.45) is 30.7. The second kappa shape index (κ2) is 27.0. The molecule has 3 nitrogen and oxygen atoms in total. The normalized spacial score (nSPS) is 12.4. The van der Waals surface area contributed by atoms with Gasteiger partial charge in [-0.25, -0.2) is 0 Å². The van der Waals surface area contributed by atoms with Crippen molar-refractivity contribution in [3.63, 3.8) is 0 Å². The van der Waals surface area contributed by atoms with Gasteiger partial charge in [-0.1, -0.05) is 142 Å². The number of esters is 1. The summed E-state index contributed by atoms with van der Waals surface area (Å²) in [4.78, 5) is 12.6. The highest BCUT2D eigenvalue weighted by atomic mass is 16.5. The Kier molecular flexibility index (Phi) is 26.6. The van der Waals surface area contributed by atoms with Crippen molar-refractivity contribution < 1.29 is 14.6 Å². The molecule has 1 N–H and O–H groups in total. The predicted octanol–water partition coefficient (Wildman–Crippen LogP) is 9.93. The fourth-order valence-corrected chi connectivity index (χ4v) is 4.86. The van der Waals surface area contributed by atoms with Gasteiger partial charge < -0.3 is 9.84 Å². The molecule has 1 unspecified atom stereocenters. The Bertz CT molecular complexity index is 407. The lowest BCUT2D eigenvalue weighted by atomic mass is 9.94. The van der Waals surface area contributed by atoms with Crippen LogP contribution in [0.25, 0.3) is 0 Å². The zero-order valence-electron chi connectivity index (χ0n) is 23.6. The molecule has 0 aliphatic rings. The highest BCUT2D eigenvalue weighted by molar-refractivity contribution is 5.72. The maximum absolute atomic E-state index is 12.6. The van der Waals surface area contributed by atoms with E-state index in [0.717, 1.165) is 19.3 Å². The number of carbonyl (C=O) groups excluding carboxylic acids is 1. The van der Waals surface area contributed by atoms with Crippen molar-refractivity contribution in [3.8, 4) is 0 Å². The summed E-state index contributed by atoms with van der Waals surface area (Å²) in [5.41, 5.74) is 0. The van der Waals surface area contributed by atoms with E-state index < -0.39 is 0 Å². The molecule has 0 saturated carbocycles. The zero-order chi connectivity index (χ0) is 25.1. The summed E-state index contributed by atoms with van der Waals surface area (Å²) in [7, 11) is 0. The first-order chi connectivity index (χ1) is 16.6. The van der Waals surface area contributed by atoms with E-state index in [2.05, 4.69) is 6.92 Å². The second-order valence-electron chi connectivity index (χ2n) is 10.9. The highest BCUT2D eigenvalue weighted by Gasteiger charge is 2.20. The Hall–Kier alpha value is -0.570. The Morgan fingerprint density at radius 2 is 0.882 bits per heavy atom. The van der Waals surface area contributed by atoms with Gasteiger partial charge in [-0.2, -0.15) is 0 Å². The molecule has 0 aromatic rings. The van der Waals surface area contributed by atoms with Gasteiger partial charge in [0.25, 0.3) is 0 Å². The van der Waals surface area contributed by atoms with Crippen molar-refractivity contribution in [1.82, 2.24) is 0 Å². The van der Waals surface area contributed by atoms with Crippen molar-refractivity contribution in [2.75, 3.05) is 6.61 Å². The van der Waals surface area contributed by atoms with Crippen molar-refractivity contribution in [3.05, 3.63) is 0 Å². The summed E-state index contributed by atoms with van der Waals surface area (Å²) >= 11 is 0. The minimum atomic E-state index is -0.00242. The molecule has 1 atom stereocenters. The molecule has 0 amide bonds. The molecule has 0 fully saturated rings. The van der Waals surface area contributed by atoms with Crippen molar-refractivity contribution >= 4 is 5.97 Å². The fraction of sp³-hybridized carbons (Fsp3) is 0.968. The molecular weight excluding hydrogens is 420 g/mol. The van der Waals surface area contributed by atoms with E-state index in [1.165, 1.54) is 135 Å². The lowest BCUT2D eigenvalue weighted by Crippen LogP contribution is -2.21. The first-order valence-electron chi connectivity index (χ1n) is 15.4. The van der Waals surface area contributed by atoms with Crippen LogP contribution in [0.4, 0.5) is 0 Å². The van der Waals surface area contributed by atoms with Crippen molar-refractivity contribution in [1.29, 1.82) is 0 Å². The molecule has 0 heterocycles. The largest absolute Gasteiger partial charge is 0.463 e. The van der Waals surface area contributed by atoms with E-state index in [1.54, 1.807) is 0 Å². The van der Waals surface area contributed by atoms with Gasteiger partial charge in [-0.15, -0.1) is 0 Å². The molecule has 34 heavy (non-hydrogen) atoms. The van der Waals surface area contributed by atoms with Gasteiger partial charge >= 0.3 is 5.97 Å². The molecule has 0 aliphatic heterocycles. The first-order valence-corrected chi connectivity index (χ1v) is 15.4. The minimum absolute atomic E-state index is 0.00242. The van der Waals surface area contributed by atoms with Crippen LogP contribution in [0.5, 0.6) is 0 Å². The van der Waals surface area contributed by atoms with Crippen molar-refractivity contribution in [2.24, 2.45) is 5.92 Å². The van der Waals surface area contributed by atoms with Gasteiger partial charge in [0.05, 0.1) is 12.0 Å². The van der Waals surface area contributed by atoms with Crippen LogP contribution >= 0.6 is 0 Å². The van der Waals surface area contributed by atoms with Gasteiger partial charge in [0.1, 0.15) is 0 Å². The SMILES string of the molecule is CCCCCCCCCCCCC(CCCCCCCCCCCCCCO)C(=O)OC(C)C. The smallest absolute Gasteiger partial charge is 0.309 e. The third kappa shape index (κ3) is 24.6. The molecule has 0 aromatic heterocycles. The minimum Gasteiger partial charge on any atom is -0.463 e. The van der Waals surface area contributed by atoms with Crippen LogP contribution in [0.3, 0.4) is 0 Å². The summed E-state index contributed by atoms with van der Waals surface area (Å²) in [6.45, 7) is 6.55. The molecule has 204 valence electrons. The number of aliphatic hydroxyl groups is 1. The van der Waals surface area contributed by atoms with E-state index in [4.69, 9.17) is 9.84 Å². The molecular formula is C31H62O3. The summed E-state index contributed by atoms with van der Waals surface area (Å²) in [5, 5.41) is 8.80. The number of aliphatic hydroxyl groups excluding tert-OH is 1. The van der Waals surface area contributed by atoms with Crippen LogP contribution in [-0.2, 0) is 9.53 Å². The van der Waals surface area contributed by atoms with Gasteiger partial charge in [-0.05, 0) is 33.1 Å². The lowest BCUT2D eigenvalue weighted by Gasteiger charge is -2.18. The van der Waals surface area contributed by atoms with E-state index in [-0.39, 0.29) is 18.0 Å². The monoisotopic (exact) mass is 482 g/mol. The van der Waals surface area contributed by atoms with Gasteiger partial charge in [0.15, 0.2) is 0 Å². The Labute approximate surface area is 214 Å². The van der Waals surface area contributed by atoms with E-state index >= 15 is 0 Å². The maximum Gasteiger partial charge on any atom is 0.309 e. The number of unbranched alkanes of at least 4 members (excludes halogenated alkanes) is 20. The molecule has 0 rings (SSSR count). The van der Waals surface area contributed by atoms with E-state index in [0.29, 0.717) is 6.61 Å². The van der Waals surface area contributed by atoms with Gasteiger partial charge in [-0.3, -0.25) is 4.79 Å². The predicted molar refractivity (Wildman–Crippen MR) is 148 cm³/mol. The van der Waals surface area contributed by atoms with Crippen LogP contribution in [0, 0.1) is 5.92 Å². The quantitative estimate of drug-likeness (QED) is 0.0935. The van der Waals surface area contributed by atoms with E-state index in [9.17, 15) is 4.79 Å². The van der Waals surface area contributed by atoms with Crippen LogP contribution in [0.15, 0.2) is 0 Å². The maximum atomic E-state index is 12.6. The Morgan fingerprint density at radius 1 is 0.559 bits per heavy atom. The second-order valence-corrected chi connectivity index (χ2v) is 10.9. The first kappa shape index (κ1) is 33.4. The molecule has 0 bridgehead atoms. The molecule has 0 aliphatic carbocycles. The average molecular weight is 483 g/mol. The number of hydrogen-bond acceptors (Lipinski definition) is 3. The average Bonchev–Trinajstić information content (AvgIpc) is 2.81. The lowest BCUT2D eigenvalue weighted by molar-refractivity contribution is -0.153. The number of rotatable bonds is 27. The number of ether oxygens (including phenoxy) is 1. The van der Waals surface area contributed by atoms with Crippen LogP contribution in [0.1, 0.15) is 175 Å². The Balaban J connectivity index is 3.77. The van der Waals surface area contributed by atoms with Crippen LogP contribution in [0.2, 0.25) is 0 Å². The third-order valence-corrected chi connectivity index (χ3v) is 7.05. The summed E-state index contributed by atoms with van der Waals surface area (Å²) in [5.74, 6) is 0.159. The fourth-order valence-electron chi connectivity index (χ4n) is 4.86. The molecule has 0 spiro atoms. The topological polar surface area (TPSA) is 46.5 Å². The molecule has 0 saturated heterocycles. The number of carbonyl (C=O) groups is 1. The van der Waals surface area contributed by atoms with Gasteiger partial charge in [0, 0.05) is 6.61 Å². The van der Waals surface area contributed by atoms with Crippen LogP contribution in [-0.4, -0.2) is 23.8 Å². The van der Waals surface area contributed by atoms with E-state index in [1.807, 2.05) is 13.8 Å². The number of hydrogen-bond donors (Lipinski definition) is 1. The summed E-state index contributed by atoms with van der Waals surface area (Å²) in [6, 6.07) is 0. The zero-order valence-corrected chi connectivity index (χ0v) is 23.6. The molecule has 0 aromatic carbocycles.